The van der Waals surface area contributed by atoms with Gasteiger partial charge in [0.2, 0.25) is 23.3 Å². The fourth-order valence-electron chi connectivity index (χ4n) is 3.44. The summed E-state index contributed by atoms with van der Waals surface area (Å²) < 4.78 is 59.2. The second kappa shape index (κ2) is 9.13. The van der Waals surface area contributed by atoms with Crippen LogP contribution in [0.5, 0.6) is 11.6 Å². The minimum Gasteiger partial charge on any atom is -0.433 e. The number of nitrogens with zero attached hydrogens (tertiary/aromatic N) is 4. The standard InChI is InChI=1S/C22H18F4N4O2/c23-16-12-17(24)20(26)21(19(16)25)32-18-7-6-14(13-27-18)22(28-31)30-10-8-29(9-11-30)15-4-2-1-3-5-15/h1-7,12-13,31H,8-11H2/b28-22-. The van der Waals surface area contributed by atoms with Crippen molar-refractivity contribution >= 4 is 11.5 Å². The molecule has 32 heavy (non-hydrogen) atoms. The third-order valence-electron chi connectivity index (χ3n) is 5.07. The number of oxime groups is 1. The van der Waals surface area contributed by atoms with E-state index in [4.69, 9.17) is 4.74 Å². The minimum atomic E-state index is -1.66. The summed E-state index contributed by atoms with van der Waals surface area (Å²) in [6.45, 7) is 2.60. The first-order chi connectivity index (χ1) is 15.5. The molecule has 1 aliphatic rings. The molecular weight excluding hydrogens is 428 g/mol. The van der Waals surface area contributed by atoms with Crippen LogP contribution in [0, 0.1) is 23.3 Å². The zero-order valence-electron chi connectivity index (χ0n) is 16.7. The number of rotatable bonds is 4. The van der Waals surface area contributed by atoms with Crippen molar-refractivity contribution in [1.82, 2.24) is 9.88 Å². The molecule has 0 atom stereocenters. The third kappa shape index (κ3) is 4.29. The average molecular weight is 446 g/mol. The van der Waals surface area contributed by atoms with E-state index in [1.165, 1.54) is 18.3 Å². The van der Waals surface area contributed by atoms with Gasteiger partial charge in [0.15, 0.2) is 17.5 Å². The van der Waals surface area contributed by atoms with Crippen molar-refractivity contribution in [2.45, 2.75) is 0 Å². The number of halogens is 4. The van der Waals surface area contributed by atoms with E-state index in [-0.39, 0.29) is 17.8 Å². The Kier molecular flexibility index (Phi) is 6.11. The Labute approximate surface area is 181 Å². The second-order valence-corrected chi connectivity index (χ2v) is 7.02. The van der Waals surface area contributed by atoms with Crippen LogP contribution in [0.15, 0.2) is 59.9 Å². The van der Waals surface area contributed by atoms with Crippen molar-refractivity contribution in [2.75, 3.05) is 31.1 Å². The van der Waals surface area contributed by atoms with E-state index < -0.39 is 29.0 Å². The number of hydrogen-bond donors (Lipinski definition) is 1. The number of ether oxygens (including phenoxy) is 1. The number of amidine groups is 1. The normalized spacial score (nSPS) is 14.6. The van der Waals surface area contributed by atoms with Gasteiger partial charge in [0.25, 0.3) is 0 Å². The summed E-state index contributed by atoms with van der Waals surface area (Å²) in [5, 5.41) is 12.9. The topological polar surface area (TPSA) is 61.2 Å². The van der Waals surface area contributed by atoms with E-state index in [0.29, 0.717) is 31.7 Å². The van der Waals surface area contributed by atoms with Crippen LogP contribution >= 0.6 is 0 Å². The quantitative estimate of drug-likeness (QED) is 0.161. The molecule has 2 heterocycles. The summed E-state index contributed by atoms with van der Waals surface area (Å²) >= 11 is 0. The smallest absolute Gasteiger partial charge is 0.219 e. The third-order valence-corrected chi connectivity index (χ3v) is 5.07. The molecule has 0 unspecified atom stereocenters. The molecule has 1 fully saturated rings. The van der Waals surface area contributed by atoms with Gasteiger partial charge in [-0.1, -0.05) is 23.4 Å². The maximum atomic E-state index is 13.8. The summed E-state index contributed by atoms with van der Waals surface area (Å²) in [5.41, 5.74) is 1.53. The van der Waals surface area contributed by atoms with E-state index in [1.807, 2.05) is 35.2 Å². The van der Waals surface area contributed by atoms with Gasteiger partial charge >= 0.3 is 0 Å². The number of anilines is 1. The Morgan fingerprint density at radius 3 is 2.12 bits per heavy atom. The lowest BCUT2D eigenvalue weighted by atomic mass is 10.2. The average Bonchev–Trinajstić information content (AvgIpc) is 2.83. The molecule has 1 saturated heterocycles. The minimum absolute atomic E-state index is 0.0928. The van der Waals surface area contributed by atoms with Gasteiger partial charge in [-0.2, -0.15) is 8.78 Å². The molecule has 1 aromatic heterocycles. The molecule has 2 aromatic carbocycles. The molecule has 10 heteroatoms. The maximum Gasteiger partial charge on any atom is 0.219 e. The van der Waals surface area contributed by atoms with E-state index in [1.54, 1.807) is 0 Å². The van der Waals surface area contributed by atoms with Gasteiger partial charge in [-0.15, -0.1) is 0 Å². The lowest BCUT2D eigenvalue weighted by Gasteiger charge is -2.37. The van der Waals surface area contributed by atoms with Crippen molar-refractivity contribution in [3.05, 3.63) is 83.6 Å². The fourth-order valence-corrected chi connectivity index (χ4v) is 3.44. The van der Waals surface area contributed by atoms with Gasteiger partial charge in [-0.25, -0.2) is 13.8 Å². The van der Waals surface area contributed by atoms with Crippen LogP contribution in [-0.2, 0) is 0 Å². The number of pyridine rings is 1. The highest BCUT2D eigenvalue weighted by atomic mass is 19.2. The fraction of sp³-hybridized carbons (Fsp3) is 0.182. The lowest BCUT2D eigenvalue weighted by molar-refractivity contribution is 0.296. The van der Waals surface area contributed by atoms with Gasteiger partial charge in [-0.3, -0.25) is 0 Å². The van der Waals surface area contributed by atoms with Crippen molar-refractivity contribution < 1.29 is 27.5 Å². The van der Waals surface area contributed by atoms with E-state index >= 15 is 0 Å². The lowest BCUT2D eigenvalue weighted by Crippen LogP contribution is -2.49. The molecule has 0 radical (unpaired) electrons. The predicted octanol–water partition coefficient (Wildman–Crippen LogP) is 4.39. The SMILES string of the molecule is O/N=C(/c1ccc(Oc2c(F)c(F)cc(F)c2F)nc1)N1CCN(c2ccccc2)CC1. The van der Waals surface area contributed by atoms with Crippen molar-refractivity contribution in [2.24, 2.45) is 5.16 Å². The van der Waals surface area contributed by atoms with Crippen LogP contribution in [0.1, 0.15) is 5.56 Å². The summed E-state index contributed by atoms with van der Waals surface area (Å²) in [4.78, 5) is 8.00. The predicted molar refractivity (Wildman–Crippen MR) is 109 cm³/mol. The maximum absolute atomic E-state index is 13.8. The Morgan fingerprint density at radius 2 is 1.56 bits per heavy atom. The molecule has 3 aromatic rings. The van der Waals surface area contributed by atoms with E-state index in [0.717, 1.165) is 5.69 Å². The second-order valence-electron chi connectivity index (χ2n) is 7.02. The van der Waals surface area contributed by atoms with Crippen LogP contribution in [0.2, 0.25) is 0 Å². The van der Waals surface area contributed by atoms with Gasteiger partial charge < -0.3 is 19.7 Å². The highest BCUT2D eigenvalue weighted by Gasteiger charge is 2.23. The zero-order chi connectivity index (χ0) is 22.7. The molecule has 166 valence electrons. The summed E-state index contributed by atoms with van der Waals surface area (Å²) in [7, 11) is 0. The first-order valence-electron chi connectivity index (χ1n) is 9.72. The Bertz CT molecular complexity index is 1090. The highest BCUT2D eigenvalue weighted by molar-refractivity contribution is 5.98. The van der Waals surface area contributed by atoms with Crippen LogP contribution in [0.3, 0.4) is 0 Å². The monoisotopic (exact) mass is 446 g/mol. The summed E-state index contributed by atoms with van der Waals surface area (Å²) in [6, 6.07) is 12.7. The van der Waals surface area contributed by atoms with Crippen LogP contribution < -0.4 is 9.64 Å². The number of benzene rings is 2. The van der Waals surface area contributed by atoms with Gasteiger partial charge in [0, 0.05) is 55.8 Å². The molecule has 0 amide bonds. The largest absolute Gasteiger partial charge is 0.433 e. The molecule has 4 rings (SSSR count). The molecule has 0 spiro atoms. The van der Waals surface area contributed by atoms with Crippen molar-refractivity contribution in [3.8, 4) is 11.6 Å². The number of hydrogen-bond acceptors (Lipinski definition) is 5. The molecule has 0 aliphatic carbocycles. The molecule has 1 N–H and O–H groups in total. The molecule has 0 saturated carbocycles. The van der Waals surface area contributed by atoms with Crippen LogP contribution in [0.25, 0.3) is 0 Å². The summed E-state index contributed by atoms with van der Waals surface area (Å²) in [5.74, 6) is -7.74. The first kappa shape index (κ1) is 21.4. The van der Waals surface area contributed by atoms with Gasteiger partial charge in [-0.05, 0) is 18.2 Å². The number of aromatic nitrogens is 1. The molecular formula is C22H18F4N4O2. The number of piperazine rings is 1. The highest BCUT2D eigenvalue weighted by Crippen LogP contribution is 2.30. The van der Waals surface area contributed by atoms with E-state index in [9.17, 15) is 22.8 Å². The Balaban J connectivity index is 1.46. The van der Waals surface area contributed by atoms with Crippen LogP contribution in [-0.4, -0.2) is 47.1 Å². The van der Waals surface area contributed by atoms with Crippen LogP contribution in [0.4, 0.5) is 23.2 Å². The molecule has 1 aliphatic heterocycles. The van der Waals surface area contributed by atoms with E-state index in [2.05, 4.69) is 15.0 Å². The molecule has 6 nitrogen and oxygen atoms in total. The van der Waals surface area contributed by atoms with Crippen molar-refractivity contribution in [3.63, 3.8) is 0 Å². The Morgan fingerprint density at radius 1 is 0.906 bits per heavy atom. The summed E-state index contributed by atoms with van der Waals surface area (Å²) in [6.07, 6.45) is 1.28. The molecule has 0 bridgehead atoms. The zero-order valence-corrected chi connectivity index (χ0v) is 16.7. The van der Waals surface area contributed by atoms with Gasteiger partial charge in [0.1, 0.15) is 0 Å². The first-order valence-corrected chi connectivity index (χ1v) is 9.72. The Hall–Kier alpha value is -3.82. The van der Waals surface area contributed by atoms with Gasteiger partial charge in [0.05, 0.1) is 0 Å². The van der Waals surface area contributed by atoms with Crippen molar-refractivity contribution in [1.29, 1.82) is 0 Å². The number of para-hydroxylation sites is 1.